The second-order valence-corrected chi connectivity index (χ2v) is 18.3. The molecule has 0 heterocycles. The molecule has 0 rings (SSSR count). The van der Waals surface area contributed by atoms with Crippen molar-refractivity contribution in [1.82, 2.24) is 20.9 Å². The summed E-state index contributed by atoms with van der Waals surface area (Å²) in [5.41, 5.74) is 0. The molecule has 0 saturated carbocycles. The molecule has 0 aromatic carbocycles. The molecular weight excluding hydrogens is 737 g/mol. The summed E-state index contributed by atoms with van der Waals surface area (Å²) >= 11 is 0. The summed E-state index contributed by atoms with van der Waals surface area (Å²) in [5, 5.41) is 8.75. The Morgan fingerprint density at radius 1 is 0.423 bits per heavy atom. The van der Waals surface area contributed by atoms with Gasteiger partial charge in [-0.15, -0.1) is 0 Å². The van der Waals surface area contributed by atoms with Crippen LogP contribution in [0.5, 0.6) is 0 Å². The van der Waals surface area contributed by atoms with Crippen molar-refractivity contribution in [3.8, 4) is 0 Å². The number of amides is 3. The maximum absolute atomic E-state index is 12.6. The third-order valence-corrected chi connectivity index (χ3v) is 13.9. The van der Waals surface area contributed by atoms with Crippen LogP contribution in [0.3, 0.4) is 0 Å². The standard InChI is InChI=1S/C33H69N4O12P3/c1-7-44-50(41,45-8-2)28-13-19-31(38)34-22-16-25-37(26-17-23-35-32(39)20-14-29-51(42,46-9-3)47-10-4)27-18-24-36-33(40)21-15-30-52(43,48-11-5)49-12-6/h7-30H2,1-6H3,(H,34,38)(H,35,39)(H,36,40). The molecule has 308 valence electrons. The van der Waals surface area contributed by atoms with Crippen LogP contribution in [0.4, 0.5) is 0 Å². The largest absolute Gasteiger partial charge is 0.356 e. The lowest BCUT2D eigenvalue weighted by Crippen LogP contribution is -2.35. The van der Waals surface area contributed by atoms with Crippen LogP contribution in [0.1, 0.15) is 99.3 Å². The van der Waals surface area contributed by atoms with Crippen LogP contribution in [-0.4, -0.2) is 120 Å². The predicted octanol–water partition coefficient (Wildman–Crippen LogP) is 5.95. The third kappa shape index (κ3) is 26.6. The summed E-state index contributed by atoms with van der Waals surface area (Å²) in [4.78, 5) is 39.4. The van der Waals surface area contributed by atoms with Crippen LogP contribution in [-0.2, 0) is 55.2 Å². The Balaban J connectivity index is 4.79. The summed E-state index contributed by atoms with van der Waals surface area (Å²) in [6.07, 6.45) is 4.48. The molecule has 0 aliphatic rings. The average Bonchev–Trinajstić information content (AvgIpc) is 3.07. The van der Waals surface area contributed by atoms with E-state index in [0.717, 1.165) is 0 Å². The van der Waals surface area contributed by atoms with Gasteiger partial charge in [-0.25, -0.2) is 0 Å². The van der Waals surface area contributed by atoms with Crippen LogP contribution < -0.4 is 16.0 Å². The number of carbonyl (C=O) groups excluding carboxylic acids is 3. The van der Waals surface area contributed by atoms with E-state index >= 15 is 0 Å². The number of carbonyl (C=O) groups is 3. The van der Waals surface area contributed by atoms with E-state index in [9.17, 15) is 28.1 Å². The highest BCUT2D eigenvalue weighted by molar-refractivity contribution is 7.54. The van der Waals surface area contributed by atoms with Crippen LogP contribution in [0, 0.1) is 0 Å². The topological polar surface area (TPSA) is 197 Å². The normalized spacial score (nSPS) is 12.3. The van der Waals surface area contributed by atoms with Crippen molar-refractivity contribution in [2.75, 3.05) is 97.4 Å². The van der Waals surface area contributed by atoms with Gasteiger partial charge in [-0.05, 0) is 99.7 Å². The summed E-state index contributed by atoms with van der Waals surface area (Å²) in [6, 6.07) is 0. The molecule has 0 aromatic rings. The molecule has 3 N–H and O–H groups in total. The lowest BCUT2D eigenvalue weighted by atomic mass is 10.2. The Hall–Kier alpha value is -1.18. The van der Waals surface area contributed by atoms with Gasteiger partial charge in [0.15, 0.2) is 0 Å². The van der Waals surface area contributed by atoms with E-state index in [0.29, 0.717) is 77.8 Å². The Kier molecular flexibility index (Phi) is 30.4. The van der Waals surface area contributed by atoms with Gasteiger partial charge in [0.05, 0.1) is 58.1 Å². The first-order valence-electron chi connectivity index (χ1n) is 19.0. The Morgan fingerprint density at radius 3 is 0.865 bits per heavy atom. The highest BCUT2D eigenvalue weighted by Crippen LogP contribution is 2.50. The first-order chi connectivity index (χ1) is 24.8. The van der Waals surface area contributed by atoms with E-state index in [-0.39, 0.29) is 95.1 Å². The van der Waals surface area contributed by atoms with Crippen molar-refractivity contribution in [1.29, 1.82) is 0 Å². The Bertz CT molecular complexity index is 955. The Labute approximate surface area is 312 Å². The van der Waals surface area contributed by atoms with Crippen molar-refractivity contribution in [3.05, 3.63) is 0 Å². The highest BCUT2D eigenvalue weighted by Gasteiger charge is 2.25. The van der Waals surface area contributed by atoms with Crippen LogP contribution in [0.15, 0.2) is 0 Å². The molecule has 0 unspecified atom stereocenters. The molecule has 0 aliphatic heterocycles. The van der Waals surface area contributed by atoms with Crippen molar-refractivity contribution < 1.29 is 55.2 Å². The molecule has 0 atom stereocenters. The van der Waals surface area contributed by atoms with Crippen molar-refractivity contribution in [2.45, 2.75) is 99.3 Å². The van der Waals surface area contributed by atoms with Gasteiger partial charge in [-0.1, -0.05) is 0 Å². The molecule has 0 fully saturated rings. The first-order valence-corrected chi connectivity index (χ1v) is 24.2. The van der Waals surface area contributed by atoms with Crippen molar-refractivity contribution in [2.24, 2.45) is 0 Å². The molecule has 16 nitrogen and oxygen atoms in total. The summed E-state index contributed by atoms with van der Waals surface area (Å²) in [5.74, 6) is -0.391. The number of nitrogens with one attached hydrogen (secondary N) is 3. The van der Waals surface area contributed by atoms with Gasteiger partial charge in [0.25, 0.3) is 0 Å². The fourth-order valence-corrected chi connectivity index (χ4v) is 10.2. The molecule has 0 bridgehead atoms. The molecule has 0 aliphatic carbocycles. The molecular formula is C33H69N4O12P3. The van der Waals surface area contributed by atoms with Gasteiger partial charge in [-0.2, -0.15) is 0 Å². The SMILES string of the molecule is CCOP(=O)(CCCC(=O)NCCCN(CCCNC(=O)CCCP(=O)(OCC)OCC)CCCNC(=O)CCCP(=O)(OCC)OCC)OCC. The zero-order valence-electron chi connectivity index (χ0n) is 32.7. The minimum absolute atomic E-state index is 0.130. The first kappa shape index (κ1) is 50.8. The van der Waals surface area contributed by atoms with Crippen molar-refractivity contribution >= 4 is 40.5 Å². The van der Waals surface area contributed by atoms with Gasteiger partial charge in [-0.3, -0.25) is 28.1 Å². The lowest BCUT2D eigenvalue weighted by molar-refractivity contribution is -0.121. The molecule has 0 aromatic heterocycles. The number of rotatable bonds is 36. The second-order valence-electron chi connectivity index (χ2n) is 11.8. The fourth-order valence-electron chi connectivity index (χ4n) is 5.17. The lowest BCUT2D eigenvalue weighted by Gasteiger charge is -2.23. The average molecular weight is 807 g/mol. The number of hydrogen-bond donors (Lipinski definition) is 3. The van der Waals surface area contributed by atoms with Gasteiger partial charge >= 0.3 is 22.8 Å². The van der Waals surface area contributed by atoms with E-state index in [4.69, 9.17) is 27.1 Å². The summed E-state index contributed by atoms with van der Waals surface area (Å²) in [6.45, 7) is 15.7. The second kappa shape index (κ2) is 31.1. The van der Waals surface area contributed by atoms with Crippen LogP contribution in [0.25, 0.3) is 0 Å². The molecule has 0 saturated heterocycles. The van der Waals surface area contributed by atoms with E-state index in [1.54, 1.807) is 41.5 Å². The monoisotopic (exact) mass is 806 g/mol. The minimum Gasteiger partial charge on any atom is -0.356 e. The van der Waals surface area contributed by atoms with Crippen LogP contribution in [0.2, 0.25) is 0 Å². The van der Waals surface area contributed by atoms with Crippen molar-refractivity contribution in [3.63, 3.8) is 0 Å². The highest BCUT2D eigenvalue weighted by atomic mass is 31.2. The van der Waals surface area contributed by atoms with Crippen LogP contribution >= 0.6 is 22.8 Å². The van der Waals surface area contributed by atoms with Gasteiger partial charge in [0.2, 0.25) is 17.7 Å². The fraction of sp³-hybridized carbons (Fsp3) is 0.909. The summed E-state index contributed by atoms with van der Waals surface area (Å²) < 4.78 is 69.5. The maximum atomic E-state index is 12.6. The molecule has 3 amide bonds. The Morgan fingerprint density at radius 2 is 0.654 bits per heavy atom. The minimum atomic E-state index is -3.18. The van der Waals surface area contributed by atoms with Gasteiger partial charge in [0.1, 0.15) is 0 Å². The molecule has 0 radical (unpaired) electrons. The smallest absolute Gasteiger partial charge is 0.330 e. The zero-order valence-corrected chi connectivity index (χ0v) is 35.3. The number of hydrogen-bond acceptors (Lipinski definition) is 13. The summed E-state index contributed by atoms with van der Waals surface area (Å²) in [7, 11) is -9.54. The van der Waals surface area contributed by atoms with E-state index in [1.165, 1.54) is 0 Å². The predicted molar refractivity (Wildman–Crippen MR) is 204 cm³/mol. The molecule has 52 heavy (non-hydrogen) atoms. The third-order valence-electron chi connectivity index (χ3n) is 7.38. The maximum Gasteiger partial charge on any atom is 0.330 e. The zero-order chi connectivity index (χ0) is 39.1. The van der Waals surface area contributed by atoms with E-state index in [2.05, 4.69) is 20.9 Å². The quantitative estimate of drug-likeness (QED) is 0.0497. The molecule has 0 spiro atoms. The van der Waals surface area contributed by atoms with Gasteiger partial charge < -0.3 is 48.0 Å². The number of nitrogens with zero attached hydrogens (tertiary/aromatic N) is 1. The van der Waals surface area contributed by atoms with E-state index < -0.39 is 22.8 Å². The van der Waals surface area contributed by atoms with E-state index in [1.807, 2.05) is 0 Å². The van der Waals surface area contributed by atoms with Gasteiger partial charge in [0, 0.05) is 38.9 Å². The molecule has 19 heteroatoms.